The van der Waals surface area contributed by atoms with Gasteiger partial charge < -0.3 is 10.4 Å². The third-order valence-corrected chi connectivity index (χ3v) is 4.43. The lowest BCUT2D eigenvalue weighted by molar-refractivity contribution is 0.0559. The Hall–Kier alpha value is -1.17. The average molecular weight is 267 g/mol. The quantitative estimate of drug-likeness (QED) is 0.846. The first-order valence-electron chi connectivity index (χ1n) is 5.81. The van der Waals surface area contributed by atoms with Gasteiger partial charge in [0.25, 0.3) is 0 Å². The van der Waals surface area contributed by atoms with Crippen LogP contribution in [0.15, 0.2) is 41.8 Å². The number of aliphatic hydroxyl groups is 1. The summed E-state index contributed by atoms with van der Waals surface area (Å²) in [4.78, 5) is 0. The van der Waals surface area contributed by atoms with Gasteiger partial charge in [-0.1, -0.05) is 36.4 Å². The maximum Gasteiger partial charge on any atom is 0.173 e. The normalized spacial score (nSPS) is 24.9. The number of nitrogens with one attached hydrogen (secondary N) is 1. The second kappa shape index (κ2) is 4.84. The highest BCUT2D eigenvalue weighted by molar-refractivity contribution is 7.94. The van der Waals surface area contributed by atoms with E-state index in [2.05, 4.69) is 5.32 Å². The molecule has 98 valence electrons. The molecule has 0 saturated heterocycles. The Balaban J connectivity index is 1.97. The van der Waals surface area contributed by atoms with Crippen molar-refractivity contribution in [2.75, 3.05) is 12.3 Å². The van der Waals surface area contributed by atoms with Gasteiger partial charge in [-0.15, -0.1) is 0 Å². The molecule has 0 aliphatic carbocycles. The predicted molar refractivity (Wildman–Crippen MR) is 70.7 cm³/mol. The second-order valence-corrected chi connectivity index (χ2v) is 6.72. The fourth-order valence-corrected chi connectivity index (χ4v) is 3.20. The van der Waals surface area contributed by atoms with E-state index in [1.807, 2.05) is 30.3 Å². The molecule has 0 bridgehead atoms. The monoisotopic (exact) mass is 267 g/mol. The van der Waals surface area contributed by atoms with Crippen LogP contribution >= 0.6 is 0 Å². The molecule has 1 aliphatic heterocycles. The maximum atomic E-state index is 11.2. The van der Waals surface area contributed by atoms with Crippen LogP contribution in [0.1, 0.15) is 12.5 Å². The van der Waals surface area contributed by atoms with Crippen LogP contribution in [0, 0.1) is 0 Å². The smallest absolute Gasteiger partial charge is 0.173 e. The van der Waals surface area contributed by atoms with Crippen LogP contribution in [-0.4, -0.2) is 31.9 Å². The van der Waals surface area contributed by atoms with E-state index in [4.69, 9.17) is 0 Å². The summed E-state index contributed by atoms with van der Waals surface area (Å²) in [6.45, 7) is 2.02. The Kier molecular flexibility index (Phi) is 3.56. The Morgan fingerprint density at radius 1 is 1.39 bits per heavy atom. The molecule has 4 nitrogen and oxygen atoms in total. The number of sulfone groups is 1. The van der Waals surface area contributed by atoms with Crippen LogP contribution in [0.4, 0.5) is 0 Å². The van der Waals surface area contributed by atoms with Gasteiger partial charge >= 0.3 is 0 Å². The Morgan fingerprint density at radius 3 is 2.61 bits per heavy atom. The standard InChI is InChI=1S/C13H17NO3S/c1-13(15,11-5-3-2-4-6-11)10-14-12-7-8-18(16,17)9-12/h2-8,12,14-15H,9-10H2,1H3. The van der Waals surface area contributed by atoms with Gasteiger partial charge in [0, 0.05) is 18.0 Å². The summed E-state index contributed by atoms with van der Waals surface area (Å²) in [5, 5.41) is 14.6. The molecule has 1 heterocycles. The minimum absolute atomic E-state index is 0.0673. The van der Waals surface area contributed by atoms with Crippen molar-refractivity contribution in [1.82, 2.24) is 5.32 Å². The molecule has 0 radical (unpaired) electrons. The topological polar surface area (TPSA) is 66.4 Å². The molecule has 2 N–H and O–H groups in total. The zero-order valence-electron chi connectivity index (χ0n) is 10.2. The summed E-state index contributed by atoms with van der Waals surface area (Å²) < 4.78 is 22.5. The van der Waals surface area contributed by atoms with Gasteiger partial charge in [-0.25, -0.2) is 8.42 Å². The lowest BCUT2D eigenvalue weighted by atomic mass is 9.96. The largest absolute Gasteiger partial charge is 0.384 e. The minimum Gasteiger partial charge on any atom is -0.384 e. The summed E-state index contributed by atoms with van der Waals surface area (Å²) in [6, 6.07) is 9.10. The Morgan fingerprint density at radius 2 is 2.06 bits per heavy atom. The zero-order chi connectivity index (χ0) is 13.2. The van der Waals surface area contributed by atoms with E-state index in [0.29, 0.717) is 6.54 Å². The minimum atomic E-state index is -3.05. The van der Waals surface area contributed by atoms with Crippen LogP contribution in [0.3, 0.4) is 0 Å². The van der Waals surface area contributed by atoms with Gasteiger partial charge in [-0.05, 0) is 12.5 Å². The van der Waals surface area contributed by atoms with Crippen LogP contribution in [-0.2, 0) is 15.4 Å². The van der Waals surface area contributed by atoms with Gasteiger partial charge in [-0.3, -0.25) is 0 Å². The summed E-state index contributed by atoms with van der Waals surface area (Å²) in [5.41, 5.74) is -0.205. The molecule has 1 aromatic carbocycles. The fraction of sp³-hybridized carbons (Fsp3) is 0.385. The lowest BCUT2D eigenvalue weighted by Gasteiger charge is -2.25. The van der Waals surface area contributed by atoms with Crippen LogP contribution in [0.25, 0.3) is 0 Å². The van der Waals surface area contributed by atoms with Crippen molar-refractivity contribution in [2.45, 2.75) is 18.6 Å². The first-order valence-corrected chi connectivity index (χ1v) is 7.53. The highest BCUT2D eigenvalue weighted by Crippen LogP contribution is 2.19. The summed E-state index contributed by atoms with van der Waals surface area (Å²) in [7, 11) is -3.05. The van der Waals surface area contributed by atoms with E-state index in [9.17, 15) is 13.5 Å². The van der Waals surface area contributed by atoms with E-state index in [1.54, 1.807) is 13.0 Å². The van der Waals surface area contributed by atoms with Gasteiger partial charge in [0.1, 0.15) is 0 Å². The molecule has 2 unspecified atom stereocenters. The third kappa shape index (κ3) is 3.19. The van der Waals surface area contributed by atoms with Crippen LogP contribution in [0.2, 0.25) is 0 Å². The van der Waals surface area contributed by atoms with Crippen LogP contribution < -0.4 is 5.32 Å². The molecule has 18 heavy (non-hydrogen) atoms. The van der Waals surface area contributed by atoms with E-state index in [1.165, 1.54) is 5.41 Å². The molecular formula is C13H17NO3S. The highest BCUT2D eigenvalue weighted by atomic mass is 32.2. The van der Waals surface area contributed by atoms with Crippen molar-refractivity contribution in [3.05, 3.63) is 47.4 Å². The van der Waals surface area contributed by atoms with E-state index >= 15 is 0 Å². The number of hydrogen-bond acceptors (Lipinski definition) is 4. The SMILES string of the molecule is CC(O)(CNC1C=CS(=O)(=O)C1)c1ccccc1. The third-order valence-electron chi connectivity index (χ3n) is 3.03. The number of rotatable bonds is 4. The Labute approximate surface area is 107 Å². The van der Waals surface area contributed by atoms with E-state index < -0.39 is 15.4 Å². The predicted octanol–water partition coefficient (Wildman–Crippen LogP) is 0.794. The van der Waals surface area contributed by atoms with Crippen molar-refractivity contribution in [2.24, 2.45) is 0 Å². The maximum absolute atomic E-state index is 11.2. The molecule has 1 aliphatic rings. The molecule has 0 aromatic heterocycles. The van der Waals surface area contributed by atoms with Crippen molar-refractivity contribution in [1.29, 1.82) is 0 Å². The van der Waals surface area contributed by atoms with Crippen molar-refractivity contribution in [3.8, 4) is 0 Å². The van der Waals surface area contributed by atoms with E-state index in [-0.39, 0.29) is 11.8 Å². The lowest BCUT2D eigenvalue weighted by Crippen LogP contribution is -2.41. The first kappa shape index (κ1) is 13.3. The van der Waals surface area contributed by atoms with Crippen molar-refractivity contribution >= 4 is 9.84 Å². The Bertz CT molecular complexity index is 535. The fourth-order valence-electron chi connectivity index (χ4n) is 1.93. The molecule has 0 amide bonds. The first-order chi connectivity index (χ1) is 8.39. The molecule has 2 atom stereocenters. The molecule has 2 rings (SSSR count). The van der Waals surface area contributed by atoms with Gasteiger partial charge in [-0.2, -0.15) is 0 Å². The molecular weight excluding hydrogens is 250 g/mol. The van der Waals surface area contributed by atoms with E-state index in [0.717, 1.165) is 5.56 Å². The molecule has 5 heteroatoms. The summed E-state index contributed by atoms with van der Waals surface area (Å²) in [6.07, 6.45) is 1.62. The summed E-state index contributed by atoms with van der Waals surface area (Å²) >= 11 is 0. The molecule has 1 aromatic rings. The van der Waals surface area contributed by atoms with Gasteiger partial charge in [0.2, 0.25) is 0 Å². The van der Waals surface area contributed by atoms with Crippen molar-refractivity contribution < 1.29 is 13.5 Å². The average Bonchev–Trinajstić information content (AvgIpc) is 2.68. The number of benzene rings is 1. The van der Waals surface area contributed by atoms with Gasteiger partial charge in [0.05, 0.1) is 11.4 Å². The molecule has 0 fully saturated rings. The van der Waals surface area contributed by atoms with Crippen molar-refractivity contribution in [3.63, 3.8) is 0 Å². The molecule has 0 saturated carbocycles. The van der Waals surface area contributed by atoms with Crippen LogP contribution in [0.5, 0.6) is 0 Å². The number of hydrogen-bond donors (Lipinski definition) is 2. The summed E-state index contributed by atoms with van der Waals surface area (Å²) in [5.74, 6) is 0.0673. The van der Waals surface area contributed by atoms with Gasteiger partial charge in [0.15, 0.2) is 9.84 Å². The second-order valence-electron chi connectivity index (χ2n) is 4.79. The molecule has 0 spiro atoms. The zero-order valence-corrected chi connectivity index (χ0v) is 11.0. The highest BCUT2D eigenvalue weighted by Gasteiger charge is 2.26.